The Morgan fingerprint density at radius 1 is 1.40 bits per heavy atom. The summed E-state index contributed by atoms with van der Waals surface area (Å²) in [6.07, 6.45) is 0. The lowest BCUT2D eigenvalue weighted by Crippen LogP contribution is -2.03. The predicted molar refractivity (Wildman–Crippen MR) is 92.0 cm³/mol. The van der Waals surface area contributed by atoms with Crippen molar-refractivity contribution in [2.24, 2.45) is 0 Å². The lowest BCUT2D eigenvalue weighted by molar-refractivity contribution is 0.810. The number of rotatable bonds is 4. The van der Waals surface area contributed by atoms with Gasteiger partial charge in [0.25, 0.3) is 0 Å². The lowest BCUT2D eigenvalue weighted by Gasteiger charge is -2.11. The Hall–Kier alpha value is -0.650. The van der Waals surface area contributed by atoms with E-state index in [9.17, 15) is 0 Å². The molecule has 1 aromatic heterocycles. The maximum Gasteiger partial charge on any atom is 0.133 e. The second kappa shape index (κ2) is 6.87. The Bertz CT molecular complexity index is 665. The quantitative estimate of drug-likeness (QED) is 0.560. The molecule has 20 heavy (non-hydrogen) atoms. The molecule has 106 valence electrons. The van der Waals surface area contributed by atoms with Gasteiger partial charge in [0.15, 0.2) is 0 Å². The first-order chi connectivity index (χ1) is 9.47. The van der Waals surface area contributed by atoms with E-state index in [0.717, 1.165) is 31.9 Å². The summed E-state index contributed by atoms with van der Waals surface area (Å²) in [5.74, 6) is 2.12. The monoisotopic (exact) mass is 368 g/mol. The third kappa shape index (κ3) is 3.93. The number of thioether (sulfide) groups is 1. The minimum Gasteiger partial charge on any atom is -0.346 e. The van der Waals surface area contributed by atoms with Gasteiger partial charge in [0.2, 0.25) is 0 Å². The number of aromatic nitrogens is 2. The molecule has 0 saturated carbocycles. The zero-order chi connectivity index (χ0) is 14.7. The lowest BCUT2D eigenvalue weighted by atomic mass is 10.0. The molecule has 0 aliphatic heterocycles. The van der Waals surface area contributed by atoms with Crippen LogP contribution in [0.2, 0.25) is 0 Å². The van der Waals surface area contributed by atoms with Gasteiger partial charge in [-0.25, -0.2) is 4.98 Å². The molecule has 0 unspecified atom stereocenters. The molecule has 5 heteroatoms. The molecule has 0 fully saturated rings. The maximum atomic E-state index is 5.41. The largest absolute Gasteiger partial charge is 0.346 e. The highest BCUT2D eigenvalue weighted by Crippen LogP contribution is 2.25. The Labute approximate surface area is 137 Å². The molecule has 1 N–H and O–H groups in total. The standard InChI is InChI=1S/C15H17BrN2S2/c1-9(2)14-10(3)17-13(18-15(14)19)8-20-12-6-4-5-11(16)7-12/h4-7,9H,8H2,1-3H3,(H,17,18,19). The maximum absolute atomic E-state index is 5.41. The predicted octanol–water partition coefficient (Wildman–Crippen LogP) is 5.63. The molecule has 1 aromatic carbocycles. The van der Waals surface area contributed by atoms with Gasteiger partial charge in [-0.05, 0) is 31.0 Å². The van der Waals surface area contributed by atoms with Crippen LogP contribution in [0.15, 0.2) is 33.6 Å². The summed E-state index contributed by atoms with van der Waals surface area (Å²) in [4.78, 5) is 9.11. The van der Waals surface area contributed by atoms with Crippen molar-refractivity contribution in [3.63, 3.8) is 0 Å². The van der Waals surface area contributed by atoms with Crippen molar-refractivity contribution >= 4 is 39.9 Å². The second-order valence-electron chi connectivity index (χ2n) is 4.93. The van der Waals surface area contributed by atoms with Crippen LogP contribution in [-0.4, -0.2) is 9.97 Å². The van der Waals surface area contributed by atoms with Gasteiger partial charge in [-0.15, -0.1) is 11.8 Å². The van der Waals surface area contributed by atoms with Crippen LogP contribution in [0.25, 0.3) is 0 Å². The van der Waals surface area contributed by atoms with Gasteiger partial charge in [0.05, 0.1) is 5.75 Å². The van der Waals surface area contributed by atoms with Crippen molar-refractivity contribution in [1.82, 2.24) is 9.97 Å². The molecule has 0 amide bonds. The number of aromatic amines is 1. The summed E-state index contributed by atoms with van der Waals surface area (Å²) in [6.45, 7) is 6.35. The Kier molecular flexibility index (Phi) is 5.41. The van der Waals surface area contributed by atoms with Crippen molar-refractivity contribution in [3.8, 4) is 0 Å². The Morgan fingerprint density at radius 3 is 2.75 bits per heavy atom. The van der Waals surface area contributed by atoms with Gasteiger partial charge >= 0.3 is 0 Å². The highest BCUT2D eigenvalue weighted by atomic mass is 79.9. The molecule has 0 spiro atoms. The molecule has 0 aliphatic carbocycles. The molecule has 1 heterocycles. The van der Waals surface area contributed by atoms with Gasteiger partial charge in [-0.3, -0.25) is 0 Å². The zero-order valence-corrected chi connectivity index (χ0v) is 15.0. The number of hydrogen-bond acceptors (Lipinski definition) is 3. The van der Waals surface area contributed by atoms with Crippen molar-refractivity contribution in [2.45, 2.75) is 37.3 Å². The van der Waals surface area contributed by atoms with Crippen LogP contribution in [0.1, 0.15) is 36.8 Å². The first kappa shape index (κ1) is 15.7. The third-order valence-corrected chi connectivity index (χ3v) is 4.76. The average Bonchev–Trinajstić information content (AvgIpc) is 2.35. The molecule has 2 rings (SSSR count). The first-order valence-electron chi connectivity index (χ1n) is 6.45. The Balaban J connectivity index is 2.17. The Morgan fingerprint density at radius 2 is 2.15 bits per heavy atom. The molecule has 2 nitrogen and oxygen atoms in total. The molecule has 0 aliphatic rings. The van der Waals surface area contributed by atoms with Gasteiger partial charge in [0.1, 0.15) is 10.5 Å². The number of halogens is 1. The summed E-state index contributed by atoms with van der Waals surface area (Å²) >= 11 is 10.6. The van der Waals surface area contributed by atoms with Crippen LogP contribution in [0.5, 0.6) is 0 Å². The van der Waals surface area contributed by atoms with Crippen LogP contribution in [0.3, 0.4) is 0 Å². The van der Waals surface area contributed by atoms with Gasteiger partial charge < -0.3 is 4.98 Å². The van der Waals surface area contributed by atoms with E-state index < -0.39 is 0 Å². The van der Waals surface area contributed by atoms with E-state index in [2.05, 4.69) is 58.8 Å². The molecule has 2 aromatic rings. The normalized spacial score (nSPS) is 11.1. The number of aryl methyl sites for hydroxylation is 1. The minimum absolute atomic E-state index is 0.401. The van der Waals surface area contributed by atoms with Crippen molar-refractivity contribution in [2.75, 3.05) is 0 Å². The zero-order valence-electron chi connectivity index (χ0n) is 11.7. The average molecular weight is 369 g/mol. The number of hydrogen-bond donors (Lipinski definition) is 1. The molecular formula is C15H17BrN2S2. The van der Waals surface area contributed by atoms with Crippen LogP contribution in [0.4, 0.5) is 0 Å². The number of nitrogens with one attached hydrogen (secondary N) is 1. The van der Waals surface area contributed by atoms with Gasteiger partial charge in [-0.1, -0.05) is 48.1 Å². The number of H-pyrrole nitrogens is 1. The summed E-state index contributed by atoms with van der Waals surface area (Å²) in [6, 6.07) is 8.26. The fourth-order valence-corrected chi connectivity index (χ4v) is 3.99. The molecule has 0 bridgehead atoms. The van der Waals surface area contributed by atoms with E-state index >= 15 is 0 Å². The van der Waals surface area contributed by atoms with Crippen LogP contribution >= 0.6 is 39.9 Å². The third-order valence-electron chi connectivity index (χ3n) is 2.95. The summed E-state index contributed by atoms with van der Waals surface area (Å²) in [7, 11) is 0. The fourth-order valence-electron chi connectivity index (χ4n) is 2.11. The van der Waals surface area contributed by atoms with Crippen molar-refractivity contribution in [1.29, 1.82) is 0 Å². The topological polar surface area (TPSA) is 28.7 Å². The molecule has 0 saturated heterocycles. The van der Waals surface area contributed by atoms with E-state index in [4.69, 9.17) is 12.2 Å². The number of nitrogens with zero attached hydrogens (tertiary/aromatic N) is 1. The summed E-state index contributed by atoms with van der Waals surface area (Å²) in [5.41, 5.74) is 2.28. The summed E-state index contributed by atoms with van der Waals surface area (Å²) in [5, 5.41) is 0. The first-order valence-corrected chi connectivity index (χ1v) is 8.64. The minimum atomic E-state index is 0.401. The van der Waals surface area contributed by atoms with Gasteiger partial charge in [-0.2, -0.15) is 0 Å². The van der Waals surface area contributed by atoms with E-state index in [1.165, 1.54) is 4.90 Å². The highest BCUT2D eigenvalue weighted by Gasteiger charge is 2.09. The van der Waals surface area contributed by atoms with Crippen LogP contribution < -0.4 is 0 Å². The van der Waals surface area contributed by atoms with Gasteiger partial charge in [0, 0.05) is 20.6 Å². The SMILES string of the molecule is Cc1[nH]c(CSc2cccc(Br)c2)nc(=S)c1C(C)C. The molecule has 0 atom stereocenters. The molecular weight excluding hydrogens is 352 g/mol. The fraction of sp³-hybridized carbons (Fsp3) is 0.333. The van der Waals surface area contributed by atoms with E-state index in [-0.39, 0.29) is 0 Å². The smallest absolute Gasteiger partial charge is 0.133 e. The summed E-state index contributed by atoms with van der Waals surface area (Å²) < 4.78 is 1.82. The van der Waals surface area contributed by atoms with Crippen molar-refractivity contribution in [3.05, 3.63) is 50.5 Å². The van der Waals surface area contributed by atoms with Crippen LogP contribution in [0, 0.1) is 11.6 Å². The van der Waals surface area contributed by atoms with E-state index in [1.54, 1.807) is 11.8 Å². The van der Waals surface area contributed by atoms with E-state index in [1.807, 2.05) is 12.1 Å². The van der Waals surface area contributed by atoms with E-state index in [0.29, 0.717) is 5.92 Å². The highest BCUT2D eigenvalue weighted by molar-refractivity contribution is 9.10. The number of benzene rings is 1. The van der Waals surface area contributed by atoms with Crippen LogP contribution in [-0.2, 0) is 5.75 Å². The van der Waals surface area contributed by atoms with Crippen molar-refractivity contribution < 1.29 is 0 Å². The second-order valence-corrected chi connectivity index (χ2v) is 7.28. The molecule has 0 radical (unpaired) electrons.